The van der Waals surface area contributed by atoms with Crippen LogP contribution in [0.4, 0.5) is 5.00 Å². The van der Waals surface area contributed by atoms with Crippen molar-refractivity contribution in [1.29, 1.82) is 0 Å². The van der Waals surface area contributed by atoms with Crippen LogP contribution < -0.4 is 10.1 Å². The number of esters is 1. The Hall–Kier alpha value is -2.83. The van der Waals surface area contributed by atoms with Crippen LogP contribution in [-0.2, 0) is 9.53 Å². The zero-order chi connectivity index (χ0) is 21.0. The van der Waals surface area contributed by atoms with E-state index in [9.17, 15) is 9.59 Å². The molecule has 0 saturated carbocycles. The van der Waals surface area contributed by atoms with Gasteiger partial charge in [0.1, 0.15) is 16.3 Å². The van der Waals surface area contributed by atoms with Crippen molar-refractivity contribution in [2.45, 2.75) is 13.8 Å². The molecule has 0 fully saturated rings. The highest BCUT2D eigenvalue weighted by Gasteiger charge is 2.22. The Balaban J connectivity index is 1.78. The van der Waals surface area contributed by atoms with Crippen molar-refractivity contribution in [2.75, 3.05) is 19.0 Å². The van der Waals surface area contributed by atoms with Gasteiger partial charge in [-0.3, -0.25) is 4.79 Å². The minimum absolute atomic E-state index is 0.168. The number of carbonyl (C=O) groups is 2. The molecule has 7 heteroatoms. The first kappa shape index (κ1) is 20.9. The number of ether oxygens (including phenoxy) is 2. The molecule has 0 unspecified atom stereocenters. The van der Waals surface area contributed by atoms with Crippen LogP contribution in [0.2, 0.25) is 5.02 Å². The summed E-state index contributed by atoms with van der Waals surface area (Å²) < 4.78 is 10.5. The molecule has 0 radical (unpaired) electrons. The molecule has 0 saturated heterocycles. The third-order valence-corrected chi connectivity index (χ3v) is 5.43. The van der Waals surface area contributed by atoms with E-state index in [1.54, 1.807) is 17.5 Å². The van der Waals surface area contributed by atoms with Crippen molar-refractivity contribution in [3.05, 3.63) is 69.6 Å². The lowest BCUT2D eigenvalue weighted by atomic mass is 10.0. The van der Waals surface area contributed by atoms with E-state index in [2.05, 4.69) is 5.32 Å². The molecule has 150 valence electrons. The molecule has 1 N–H and O–H groups in total. The molecule has 3 aromatic rings. The summed E-state index contributed by atoms with van der Waals surface area (Å²) in [6.45, 7) is 3.75. The Morgan fingerprint density at radius 3 is 2.48 bits per heavy atom. The molecular weight excluding hydrogens is 410 g/mol. The summed E-state index contributed by atoms with van der Waals surface area (Å²) in [6.07, 6.45) is 0. The van der Waals surface area contributed by atoms with Crippen LogP contribution in [0.1, 0.15) is 21.5 Å². The Kier molecular flexibility index (Phi) is 6.56. The molecule has 0 aliphatic rings. The van der Waals surface area contributed by atoms with E-state index in [4.69, 9.17) is 21.1 Å². The second-order valence-electron chi connectivity index (χ2n) is 6.46. The number of methoxy groups -OCH3 is 1. The molecule has 1 heterocycles. The zero-order valence-corrected chi connectivity index (χ0v) is 17.8. The van der Waals surface area contributed by atoms with Gasteiger partial charge in [0.25, 0.3) is 5.91 Å². The highest BCUT2D eigenvalue weighted by Crippen LogP contribution is 2.36. The third kappa shape index (κ3) is 4.96. The van der Waals surface area contributed by atoms with E-state index < -0.39 is 5.97 Å². The van der Waals surface area contributed by atoms with Gasteiger partial charge < -0.3 is 14.8 Å². The molecule has 5 nitrogen and oxygen atoms in total. The van der Waals surface area contributed by atoms with Crippen LogP contribution >= 0.6 is 22.9 Å². The average Bonchev–Trinajstić information content (AvgIpc) is 3.10. The monoisotopic (exact) mass is 429 g/mol. The first-order valence-electron chi connectivity index (χ1n) is 8.84. The minimum Gasteiger partial charge on any atom is -0.483 e. The van der Waals surface area contributed by atoms with Gasteiger partial charge in [-0.15, -0.1) is 11.3 Å². The second-order valence-corrected chi connectivity index (χ2v) is 7.77. The van der Waals surface area contributed by atoms with Gasteiger partial charge in [0.15, 0.2) is 6.61 Å². The van der Waals surface area contributed by atoms with Crippen molar-refractivity contribution in [2.24, 2.45) is 0 Å². The normalized spacial score (nSPS) is 10.5. The van der Waals surface area contributed by atoms with E-state index in [0.717, 1.165) is 16.7 Å². The van der Waals surface area contributed by atoms with Crippen molar-refractivity contribution in [1.82, 2.24) is 0 Å². The quantitative estimate of drug-likeness (QED) is 0.526. The number of hydrogen-bond donors (Lipinski definition) is 1. The molecule has 3 rings (SSSR count). The Morgan fingerprint density at radius 2 is 1.83 bits per heavy atom. The number of carbonyl (C=O) groups excluding carboxylic acids is 2. The molecular formula is C22H20ClNO4S. The number of rotatable bonds is 6. The number of nitrogens with one attached hydrogen (secondary N) is 1. The van der Waals surface area contributed by atoms with E-state index >= 15 is 0 Å². The summed E-state index contributed by atoms with van der Waals surface area (Å²) >= 11 is 7.20. The summed E-state index contributed by atoms with van der Waals surface area (Å²) in [6, 6.07) is 12.9. The fourth-order valence-electron chi connectivity index (χ4n) is 2.86. The molecule has 0 bridgehead atoms. The van der Waals surface area contributed by atoms with Crippen LogP contribution in [0.15, 0.2) is 47.8 Å². The van der Waals surface area contributed by atoms with Crippen LogP contribution in [0.5, 0.6) is 5.75 Å². The summed E-state index contributed by atoms with van der Waals surface area (Å²) in [5.41, 5.74) is 3.85. The summed E-state index contributed by atoms with van der Waals surface area (Å²) in [7, 11) is 1.31. The lowest BCUT2D eigenvalue weighted by Crippen LogP contribution is -2.21. The van der Waals surface area contributed by atoms with Crippen LogP contribution in [-0.4, -0.2) is 25.6 Å². The van der Waals surface area contributed by atoms with Gasteiger partial charge in [0, 0.05) is 16.0 Å². The Bertz CT molecular complexity index is 1040. The highest BCUT2D eigenvalue weighted by atomic mass is 35.5. The minimum atomic E-state index is -0.526. The Labute approximate surface area is 178 Å². The van der Waals surface area contributed by atoms with E-state index in [1.807, 2.05) is 44.2 Å². The van der Waals surface area contributed by atoms with Crippen molar-refractivity contribution < 1.29 is 19.1 Å². The SMILES string of the molecule is COC(=O)c1c(-c2ccc(Cl)cc2)csc1NC(=O)COc1ccc(C)cc1C. The Morgan fingerprint density at radius 1 is 1.10 bits per heavy atom. The maximum Gasteiger partial charge on any atom is 0.341 e. The topological polar surface area (TPSA) is 64.6 Å². The van der Waals surface area contributed by atoms with Crippen molar-refractivity contribution in [3.63, 3.8) is 0 Å². The molecule has 2 aromatic carbocycles. The van der Waals surface area contributed by atoms with Gasteiger partial charge in [0.05, 0.1) is 7.11 Å². The van der Waals surface area contributed by atoms with Gasteiger partial charge in [-0.2, -0.15) is 0 Å². The predicted molar refractivity (Wildman–Crippen MR) is 116 cm³/mol. The van der Waals surface area contributed by atoms with Crippen molar-refractivity contribution >= 4 is 39.8 Å². The van der Waals surface area contributed by atoms with E-state index in [1.165, 1.54) is 18.4 Å². The average molecular weight is 430 g/mol. The number of hydrogen-bond acceptors (Lipinski definition) is 5. The molecule has 1 amide bonds. The zero-order valence-electron chi connectivity index (χ0n) is 16.2. The summed E-state index contributed by atoms with van der Waals surface area (Å²) in [5, 5.41) is 5.57. The molecule has 0 aliphatic heterocycles. The van der Waals surface area contributed by atoms with Crippen molar-refractivity contribution in [3.8, 4) is 16.9 Å². The number of anilines is 1. The third-order valence-electron chi connectivity index (χ3n) is 4.28. The first-order chi connectivity index (χ1) is 13.9. The van der Waals surface area contributed by atoms with E-state index in [-0.39, 0.29) is 12.5 Å². The lowest BCUT2D eigenvalue weighted by Gasteiger charge is -2.11. The number of halogens is 1. The molecule has 0 aliphatic carbocycles. The van der Waals surface area contributed by atoms with Crippen LogP contribution in [0, 0.1) is 13.8 Å². The maximum atomic E-state index is 12.4. The molecule has 0 spiro atoms. The van der Waals surface area contributed by atoms with Gasteiger partial charge >= 0.3 is 5.97 Å². The smallest absolute Gasteiger partial charge is 0.341 e. The van der Waals surface area contributed by atoms with Gasteiger partial charge in [-0.25, -0.2) is 4.79 Å². The lowest BCUT2D eigenvalue weighted by molar-refractivity contribution is -0.118. The number of benzene rings is 2. The fraction of sp³-hybridized carbons (Fsp3) is 0.182. The standard InChI is InChI=1S/C22H20ClNO4S/c1-13-4-9-18(14(2)10-13)28-11-19(25)24-21-20(22(26)27-3)17(12-29-21)15-5-7-16(23)8-6-15/h4-10,12H,11H2,1-3H3,(H,24,25). The van der Waals surface area contributed by atoms with Gasteiger partial charge in [-0.05, 0) is 43.2 Å². The van der Waals surface area contributed by atoms with Gasteiger partial charge in [0.2, 0.25) is 0 Å². The summed E-state index contributed by atoms with van der Waals surface area (Å²) in [4.78, 5) is 24.8. The predicted octanol–water partition coefficient (Wildman–Crippen LogP) is 5.49. The maximum absolute atomic E-state index is 12.4. The molecule has 0 atom stereocenters. The van der Waals surface area contributed by atoms with E-state index in [0.29, 0.717) is 26.9 Å². The largest absolute Gasteiger partial charge is 0.483 e. The van der Waals surface area contributed by atoms with Crippen LogP contribution in [0.3, 0.4) is 0 Å². The van der Waals surface area contributed by atoms with Gasteiger partial charge in [-0.1, -0.05) is 41.4 Å². The molecule has 29 heavy (non-hydrogen) atoms. The van der Waals surface area contributed by atoms with Crippen LogP contribution in [0.25, 0.3) is 11.1 Å². The summed E-state index contributed by atoms with van der Waals surface area (Å²) in [5.74, 6) is -0.242. The first-order valence-corrected chi connectivity index (χ1v) is 10.1. The highest BCUT2D eigenvalue weighted by molar-refractivity contribution is 7.15. The number of thiophene rings is 1. The number of amides is 1. The second kappa shape index (κ2) is 9.11. The number of aryl methyl sites for hydroxylation is 2. The fourth-order valence-corrected chi connectivity index (χ4v) is 3.96. The molecule has 1 aromatic heterocycles.